The fraction of sp³-hybridized carbons (Fsp3) is 0.692. The predicted molar refractivity (Wildman–Crippen MR) is 70.3 cm³/mol. The van der Waals surface area contributed by atoms with Gasteiger partial charge in [-0.05, 0) is 25.8 Å². The molecule has 0 amide bonds. The summed E-state index contributed by atoms with van der Waals surface area (Å²) in [5.74, 6) is 0.220. The van der Waals surface area contributed by atoms with Crippen LogP contribution >= 0.6 is 0 Å². The molecule has 1 aromatic heterocycles. The molecular formula is C13H21FN4. The summed E-state index contributed by atoms with van der Waals surface area (Å²) in [4.78, 5) is 10.3. The van der Waals surface area contributed by atoms with E-state index in [4.69, 9.17) is 0 Å². The van der Waals surface area contributed by atoms with E-state index in [0.717, 1.165) is 32.5 Å². The highest BCUT2D eigenvalue weighted by atomic mass is 19.1. The fourth-order valence-corrected chi connectivity index (χ4v) is 2.45. The van der Waals surface area contributed by atoms with Crippen LogP contribution in [0, 0.1) is 5.82 Å². The Morgan fingerprint density at radius 2 is 2.28 bits per heavy atom. The average molecular weight is 252 g/mol. The Balaban J connectivity index is 2.29. The number of hydrogen-bond acceptors (Lipinski definition) is 4. The molecule has 0 radical (unpaired) electrons. The third-order valence-electron chi connectivity index (χ3n) is 3.39. The normalized spacial score (nSPS) is 19.2. The van der Waals surface area contributed by atoms with E-state index in [0.29, 0.717) is 24.0 Å². The van der Waals surface area contributed by atoms with Gasteiger partial charge in [0.05, 0.1) is 5.69 Å². The molecule has 0 bridgehead atoms. The lowest BCUT2D eigenvalue weighted by Gasteiger charge is -2.29. The first kappa shape index (κ1) is 13.2. The molecule has 1 N–H and O–H groups in total. The first-order valence-electron chi connectivity index (χ1n) is 6.74. The molecule has 1 aliphatic rings. The minimum Gasteiger partial charge on any atom is -0.350 e. The minimum atomic E-state index is -0.250. The maximum Gasteiger partial charge on any atom is 0.187 e. The lowest BCUT2D eigenvalue weighted by molar-refractivity contribution is 0.554. The molecule has 5 heteroatoms. The van der Waals surface area contributed by atoms with Crippen LogP contribution in [0.1, 0.15) is 32.4 Å². The Bertz CT molecular complexity index is 391. The predicted octanol–water partition coefficient (Wildman–Crippen LogP) is 1.76. The lowest BCUT2D eigenvalue weighted by atomic mass is 10.2. The third-order valence-corrected chi connectivity index (χ3v) is 3.39. The molecule has 1 atom stereocenters. The molecule has 1 unspecified atom stereocenters. The highest BCUT2D eigenvalue weighted by Crippen LogP contribution is 2.23. The fourth-order valence-electron chi connectivity index (χ4n) is 2.45. The van der Waals surface area contributed by atoms with Crippen LogP contribution in [0.5, 0.6) is 0 Å². The second-order valence-corrected chi connectivity index (χ2v) is 4.65. The number of rotatable bonds is 5. The van der Waals surface area contributed by atoms with Crippen LogP contribution in [0.2, 0.25) is 0 Å². The number of nitrogens with one attached hydrogen (secondary N) is 1. The van der Waals surface area contributed by atoms with Gasteiger partial charge < -0.3 is 10.2 Å². The summed E-state index contributed by atoms with van der Waals surface area (Å²) in [7, 11) is 0. The van der Waals surface area contributed by atoms with Gasteiger partial charge in [0.25, 0.3) is 0 Å². The third kappa shape index (κ3) is 2.61. The number of hydrogen-bond donors (Lipinski definition) is 1. The molecule has 18 heavy (non-hydrogen) atoms. The number of aromatic nitrogens is 2. The summed E-state index contributed by atoms with van der Waals surface area (Å²) in [5, 5.41) is 3.32. The molecule has 0 saturated carbocycles. The van der Waals surface area contributed by atoms with Crippen molar-refractivity contribution in [2.45, 2.75) is 39.2 Å². The highest BCUT2D eigenvalue weighted by Gasteiger charge is 2.26. The molecule has 1 fully saturated rings. The summed E-state index contributed by atoms with van der Waals surface area (Å²) in [5.41, 5.74) is 0.507. The van der Waals surface area contributed by atoms with E-state index in [2.05, 4.69) is 27.1 Å². The molecule has 1 aromatic rings. The van der Waals surface area contributed by atoms with E-state index in [-0.39, 0.29) is 5.82 Å². The molecule has 0 aromatic carbocycles. The van der Waals surface area contributed by atoms with Crippen molar-refractivity contribution in [3.63, 3.8) is 0 Å². The zero-order chi connectivity index (χ0) is 13.0. The van der Waals surface area contributed by atoms with Crippen molar-refractivity contribution in [2.75, 3.05) is 24.5 Å². The molecule has 0 spiro atoms. The van der Waals surface area contributed by atoms with Gasteiger partial charge in [-0.25, -0.2) is 14.4 Å². The van der Waals surface area contributed by atoms with Crippen molar-refractivity contribution < 1.29 is 4.39 Å². The first-order valence-corrected chi connectivity index (χ1v) is 6.74. The minimum absolute atomic E-state index is 0.250. The summed E-state index contributed by atoms with van der Waals surface area (Å²) < 4.78 is 14.3. The van der Waals surface area contributed by atoms with Crippen molar-refractivity contribution in [1.82, 2.24) is 15.3 Å². The SMILES string of the molecule is CCCN(c1ncnc(CC)c1F)C1CCNC1. The van der Waals surface area contributed by atoms with Crippen LogP contribution < -0.4 is 10.2 Å². The van der Waals surface area contributed by atoms with Gasteiger partial charge in [0.1, 0.15) is 6.33 Å². The van der Waals surface area contributed by atoms with Crippen molar-refractivity contribution in [2.24, 2.45) is 0 Å². The monoisotopic (exact) mass is 252 g/mol. The lowest BCUT2D eigenvalue weighted by Crippen LogP contribution is -2.39. The zero-order valence-electron chi connectivity index (χ0n) is 11.1. The van der Waals surface area contributed by atoms with Gasteiger partial charge in [-0.15, -0.1) is 0 Å². The van der Waals surface area contributed by atoms with Crippen molar-refractivity contribution in [3.8, 4) is 0 Å². The van der Waals surface area contributed by atoms with Gasteiger partial charge in [-0.1, -0.05) is 13.8 Å². The van der Waals surface area contributed by atoms with E-state index in [1.54, 1.807) is 0 Å². The number of nitrogens with zero attached hydrogens (tertiary/aromatic N) is 3. The van der Waals surface area contributed by atoms with E-state index >= 15 is 0 Å². The van der Waals surface area contributed by atoms with Gasteiger partial charge in [0, 0.05) is 19.1 Å². The van der Waals surface area contributed by atoms with Crippen molar-refractivity contribution in [1.29, 1.82) is 0 Å². The Morgan fingerprint density at radius 1 is 1.44 bits per heavy atom. The van der Waals surface area contributed by atoms with E-state index in [9.17, 15) is 4.39 Å². The molecule has 2 rings (SSSR count). The Hall–Kier alpha value is -1.23. The van der Waals surface area contributed by atoms with Crippen LogP contribution in [0.15, 0.2) is 6.33 Å². The smallest absolute Gasteiger partial charge is 0.187 e. The van der Waals surface area contributed by atoms with Gasteiger partial charge in [-0.3, -0.25) is 0 Å². The van der Waals surface area contributed by atoms with Crippen molar-refractivity contribution >= 4 is 5.82 Å². The molecule has 100 valence electrons. The van der Waals surface area contributed by atoms with E-state index in [1.807, 2.05) is 6.92 Å². The maximum absolute atomic E-state index is 14.3. The van der Waals surface area contributed by atoms with Gasteiger partial charge in [-0.2, -0.15) is 0 Å². The Morgan fingerprint density at radius 3 is 2.89 bits per heavy atom. The zero-order valence-corrected chi connectivity index (χ0v) is 11.1. The Labute approximate surface area is 108 Å². The largest absolute Gasteiger partial charge is 0.350 e. The second kappa shape index (κ2) is 6.09. The van der Waals surface area contributed by atoms with E-state index in [1.165, 1.54) is 6.33 Å². The summed E-state index contributed by atoms with van der Waals surface area (Å²) in [6.07, 6.45) is 4.11. The quantitative estimate of drug-likeness (QED) is 0.867. The molecule has 1 aliphatic heterocycles. The first-order chi connectivity index (χ1) is 8.77. The summed E-state index contributed by atoms with van der Waals surface area (Å²) >= 11 is 0. The number of aryl methyl sites for hydroxylation is 1. The van der Waals surface area contributed by atoms with Crippen LogP contribution in [0.3, 0.4) is 0 Å². The molecule has 2 heterocycles. The van der Waals surface area contributed by atoms with Crippen LogP contribution in [-0.2, 0) is 6.42 Å². The van der Waals surface area contributed by atoms with Gasteiger partial charge in [0.15, 0.2) is 11.6 Å². The standard InChI is InChI=1S/C13H21FN4/c1-3-7-18(10-5-6-15-8-10)13-12(14)11(4-2)16-9-17-13/h9-10,15H,3-8H2,1-2H3. The molecule has 4 nitrogen and oxygen atoms in total. The van der Waals surface area contributed by atoms with Gasteiger partial charge in [0.2, 0.25) is 0 Å². The van der Waals surface area contributed by atoms with E-state index < -0.39 is 0 Å². The number of halogens is 1. The average Bonchev–Trinajstić information content (AvgIpc) is 2.90. The molecular weight excluding hydrogens is 231 g/mol. The Kier molecular flexibility index (Phi) is 4.47. The molecule has 1 saturated heterocycles. The topological polar surface area (TPSA) is 41.1 Å². The van der Waals surface area contributed by atoms with Crippen LogP contribution in [0.25, 0.3) is 0 Å². The van der Waals surface area contributed by atoms with Gasteiger partial charge >= 0.3 is 0 Å². The maximum atomic E-state index is 14.3. The highest BCUT2D eigenvalue weighted by molar-refractivity contribution is 5.42. The summed E-state index contributed by atoms with van der Waals surface area (Å²) in [6.45, 7) is 6.76. The van der Waals surface area contributed by atoms with Crippen LogP contribution in [0.4, 0.5) is 10.2 Å². The van der Waals surface area contributed by atoms with Crippen molar-refractivity contribution in [3.05, 3.63) is 17.8 Å². The molecule has 0 aliphatic carbocycles. The summed E-state index contributed by atoms with van der Waals surface area (Å²) in [6, 6.07) is 0.346. The number of anilines is 1. The second-order valence-electron chi connectivity index (χ2n) is 4.65. The van der Waals surface area contributed by atoms with Crippen LogP contribution in [-0.4, -0.2) is 35.6 Å².